The molecular weight excluding hydrogens is 389 g/mol. The summed E-state index contributed by atoms with van der Waals surface area (Å²) in [5.41, 5.74) is 8.33. The summed E-state index contributed by atoms with van der Waals surface area (Å²) in [6.45, 7) is 1.86. The number of benzene rings is 2. The molecule has 0 bridgehead atoms. The molecule has 1 heterocycles. The van der Waals surface area contributed by atoms with Crippen molar-refractivity contribution in [2.24, 2.45) is 5.73 Å². The number of hydrogen-bond acceptors (Lipinski definition) is 4. The van der Waals surface area contributed by atoms with Crippen LogP contribution in [0.2, 0.25) is 10.0 Å². The first-order valence-corrected chi connectivity index (χ1v) is 9.16. The molecule has 0 fully saturated rings. The highest BCUT2D eigenvalue weighted by Gasteiger charge is 2.33. The molecule has 0 aliphatic carbocycles. The van der Waals surface area contributed by atoms with Gasteiger partial charge in [-0.15, -0.1) is 0 Å². The van der Waals surface area contributed by atoms with Crippen LogP contribution in [0, 0.1) is 0 Å². The van der Waals surface area contributed by atoms with Crippen LogP contribution in [-0.2, 0) is 4.79 Å². The van der Waals surface area contributed by atoms with Crippen LogP contribution in [0.25, 0.3) is 0 Å². The molecule has 3 atom stereocenters. The third-order valence-electron chi connectivity index (χ3n) is 4.55. The minimum Gasteiger partial charge on any atom is -0.480 e. The van der Waals surface area contributed by atoms with E-state index < -0.39 is 18.1 Å². The van der Waals surface area contributed by atoms with Crippen molar-refractivity contribution < 1.29 is 14.7 Å². The summed E-state index contributed by atoms with van der Waals surface area (Å²) in [5.74, 6) is -1.34. The molecule has 0 saturated carbocycles. The monoisotopic (exact) mass is 407 g/mol. The van der Waals surface area contributed by atoms with Gasteiger partial charge in [-0.2, -0.15) is 0 Å². The largest absolute Gasteiger partial charge is 0.480 e. The van der Waals surface area contributed by atoms with Crippen molar-refractivity contribution in [3.8, 4) is 0 Å². The van der Waals surface area contributed by atoms with E-state index in [1.165, 1.54) is 0 Å². The molecule has 1 unspecified atom stereocenters. The predicted octanol–water partition coefficient (Wildman–Crippen LogP) is 3.75. The summed E-state index contributed by atoms with van der Waals surface area (Å²) < 4.78 is 0. The molecule has 0 spiro atoms. The summed E-state index contributed by atoms with van der Waals surface area (Å²) in [7, 11) is 0. The van der Waals surface area contributed by atoms with Crippen LogP contribution in [0.3, 0.4) is 0 Å². The number of aliphatic carboxylic acids is 1. The van der Waals surface area contributed by atoms with Gasteiger partial charge in [0.2, 0.25) is 0 Å². The lowest BCUT2D eigenvalue weighted by atomic mass is 9.92. The Balaban J connectivity index is 1.89. The van der Waals surface area contributed by atoms with Crippen molar-refractivity contribution in [1.82, 2.24) is 5.32 Å². The van der Waals surface area contributed by atoms with Gasteiger partial charge in [-0.25, -0.2) is 4.79 Å². The summed E-state index contributed by atoms with van der Waals surface area (Å²) in [6.07, 6.45) is 0.160. The van der Waals surface area contributed by atoms with Gasteiger partial charge in [-0.1, -0.05) is 35.3 Å². The van der Waals surface area contributed by atoms with Gasteiger partial charge >= 0.3 is 5.97 Å². The molecule has 27 heavy (non-hydrogen) atoms. The molecule has 142 valence electrons. The fourth-order valence-electron chi connectivity index (χ4n) is 3.13. The Morgan fingerprint density at radius 3 is 2.52 bits per heavy atom. The smallest absolute Gasteiger partial charge is 0.326 e. The maximum absolute atomic E-state index is 12.7. The van der Waals surface area contributed by atoms with E-state index in [9.17, 15) is 14.7 Å². The Kier molecular flexibility index (Phi) is 5.60. The molecule has 1 aliphatic rings. The zero-order valence-electron chi connectivity index (χ0n) is 14.5. The number of fused-ring (bicyclic) bond motifs is 1. The van der Waals surface area contributed by atoms with E-state index >= 15 is 0 Å². The van der Waals surface area contributed by atoms with E-state index in [2.05, 4.69) is 10.6 Å². The topological polar surface area (TPSA) is 104 Å². The maximum Gasteiger partial charge on any atom is 0.326 e. The normalized spacial score (nSPS) is 19.6. The molecule has 1 aliphatic heterocycles. The fourth-order valence-corrected chi connectivity index (χ4v) is 3.76. The van der Waals surface area contributed by atoms with Gasteiger partial charge in [0.15, 0.2) is 0 Å². The van der Waals surface area contributed by atoms with Gasteiger partial charge in [0.05, 0.1) is 6.04 Å². The zero-order chi connectivity index (χ0) is 19.7. The third-order valence-corrected chi connectivity index (χ3v) is 5.08. The number of carboxylic acid groups (broad SMARTS) is 1. The average Bonchev–Trinajstić information content (AvgIpc) is 2.60. The SMILES string of the molecule is CC(N)c1ccc(C(=O)N[C@H]2C[C@H](C(=O)O)Nc3cc(Cl)cc(Cl)c32)cc1. The third kappa shape index (κ3) is 4.18. The Bertz CT molecular complexity index is 885. The zero-order valence-corrected chi connectivity index (χ0v) is 16.0. The highest BCUT2D eigenvalue weighted by Crippen LogP contribution is 2.40. The predicted molar refractivity (Wildman–Crippen MR) is 105 cm³/mol. The number of halogens is 2. The van der Waals surface area contributed by atoms with Crippen LogP contribution in [0.4, 0.5) is 5.69 Å². The van der Waals surface area contributed by atoms with E-state index in [0.717, 1.165) is 5.56 Å². The van der Waals surface area contributed by atoms with Crippen molar-refractivity contribution in [3.63, 3.8) is 0 Å². The molecule has 3 rings (SSSR count). The minimum absolute atomic E-state index is 0.127. The lowest BCUT2D eigenvalue weighted by Gasteiger charge is -2.32. The highest BCUT2D eigenvalue weighted by molar-refractivity contribution is 6.35. The Morgan fingerprint density at radius 1 is 1.26 bits per heavy atom. The van der Waals surface area contributed by atoms with Crippen molar-refractivity contribution in [2.45, 2.75) is 31.5 Å². The standard InChI is InChI=1S/C19H19Cl2N3O3/c1-9(22)10-2-4-11(5-3-10)18(25)24-15-8-16(19(26)27)23-14-7-12(20)6-13(21)17(14)15/h2-7,9,15-16,23H,8,22H2,1H3,(H,24,25)(H,26,27)/t9?,15-,16+/m0/s1. The van der Waals surface area contributed by atoms with Crippen LogP contribution in [-0.4, -0.2) is 23.0 Å². The van der Waals surface area contributed by atoms with Crippen LogP contribution >= 0.6 is 23.2 Å². The summed E-state index contributed by atoms with van der Waals surface area (Å²) in [6, 6.07) is 8.59. The minimum atomic E-state index is -1.02. The van der Waals surface area contributed by atoms with Gasteiger partial charge in [0.1, 0.15) is 6.04 Å². The van der Waals surface area contributed by atoms with Gasteiger partial charge < -0.3 is 21.5 Å². The molecule has 2 aromatic rings. The van der Waals surface area contributed by atoms with Crippen LogP contribution in [0.15, 0.2) is 36.4 Å². The molecule has 8 heteroatoms. The van der Waals surface area contributed by atoms with Crippen LogP contribution in [0.1, 0.15) is 46.9 Å². The fraction of sp³-hybridized carbons (Fsp3) is 0.263. The molecule has 2 aromatic carbocycles. The number of carbonyl (C=O) groups excluding carboxylic acids is 1. The average molecular weight is 408 g/mol. The molecule has 5 N–H and O–H groups in total. The molecule has 0 saturated heterocycles. The van der Waals surface area contributed by atoms with Gasteiger partial charge in [0, 0.05) is 39.3 Å². The first kappa shape index (κ1) is 19.5. The lowest BCUT2D eigenvalue weighted by molar-refractivity contribution is -0.138. The van der Waals surface area contributed by atoms with E-state index in [1.54, 1.807) is 36.4 Å². The number of amides is 1. The Hall–Kier alpha value is -2.28. The second-order valence-electron chi connectivity index (χ2n) is 6.56. The molecule has 1 amide bonds. The highest BCUT2D eigenvalue weighted by atomic mass is 35.5. The van der Waals surface area contributed by atoms with Crippen molar-refractivity contribution in [3.05, 3.63) is 63.1 Å². The maximum atomic E-state index is 12.7. The van der Waals surface area contributed by atoms with Gasteiger partial charge in [0.25, 0.3) is 5.91 Å². The van der Waals surface area contributed by atoms with Gasteiger partial charge in [-0.05, 0) is 36.8 Å². The first-order chi connectivity index (χ1) is 12.8. The van der Waals surface area contributed by atoms with E-state index in [4.69, 9.17) is 28.9 Å². The number of hydrogen-bond donors (Lipinski definition) is 4. The van der Waals surface area contributed by atoms with Crippen LogP contribution in [0.5, 0.6) is 0 Å². The lowest BCUT2D eigenvalue weighted by Crippen LogP contribution is -2.41. The second-order valence-corrected chi connectivity index (χ2v) is 7.40. The summed E-state index contributed by atoms with van der Waals surface area (Å²) in [5, 5.41) is 15.9. The number of rotatable bonds is 4. The Morgan fingerprint density at radius 2 is 1.93 bits per heavy atom. The number of carboxylic acids is 1. The van der Waals surface area contributed by atoms with E-state index in [1.807, 2.05) is 6.92 Å². The molecule has 0 aromatic heterocycles. The number of nitrogens with two attached hydrogens (primary N) is 1. The molecule has 0 radical (unpaired) electrons. The van der Waals surface area contributed by atoms with Crippen molar-refractivity contribution >= 4 is 40.8 Å². The molecule has 6 nitrogen and oxygen atoms in total. The van der Waals surface area contributed by atoms with Crippen LogP contribution < -0.4 is 16.4 Å². The van der Waals surface area contributed by atoms with E-state index in [-0.39, 0.29) is 18.4 Å². The summed E-state index contributed by atoms with van der Waals surface area (Å²) >= 11 is 12.3. The number of carbonyl (C=O) groups is 2. The number of anilines is 1. The second kappa shape index (κ2) is 7.76. The summed E-state index contributed by atoms with van der Waals surface area (Å²) in [4.78, 5) is 24.2. The van der Waals surface area contributed by atoms with Crippen molar-refractivity contribution in [1.29, 1.82) is 0 Å². The quantitative estimate of drug-likeness (QED) is 0.617. The number of nitrogens with one attached hydrogen (secondary N) is 2. The molecular formula is C19H19Cl2N3O3. The van der Waals surface area contributed by atoms with E-state index in [0.29, 0.717) is 26.9 Å². The van der Waals surface area contributed by atoms with Crippen molar-refractivity contribution in [2.75, 3.05) is 5.32 Å². The first-order valence-electron chi connectivity index (χ1n) is 8.41. The van der Waals surface area contributed by atoms with Gasteiger partial charge in [-0.3, -0.25) is 4.79 Å². The Labute approximate surface area is 166 Å².